The van der Waals surface area contributed by atoms with Gasteiger partial charge in [0, 0.05) is 57.8 Å². The van der Waals surface area contributed by atoms with Crippen LogP contribution in [0, 0.1) is 20.8 Å². The largest absolute Gasteiger partial charge is 0.437 e. The summed E-state index contributed by atoms with van der Waals surface area (Å²) < 4.78 is 139. The maximum atomic E-state index is 13.2. The number of hydrogen-bond acceptors (Lipinski definition) is 9. The van der Waals surface area contributed by atoms with Gasteiger partial charge in [-0.25, -0.2) is 4.79 Å². The highest BCUT2D eigenvalue weighted by atomic mass is 35.5. The van der Waals surface area contributed by atoms with Crippen LogP contribution in [0.3, 0.4) is 0 Å². The van der Waals surface area contributed by atoms with Gasteiger partial charge in [-0.3, -0.25) is 9.89 Å². The van der Waals surface area contributed by atoms with Gasteiger partial charge in [-0.05, 0) is 99.8 Å². The minimum atomic E-state index is -4.64. The van der Waals surface area contributed by atoms with Crippen molar-refractivity contribution in [3.63, 3.8) is 0 Å². The monoisotopic (exact) mass is 1020 g/mol. The molecule has 13 nitrogen and oxygen atoms in total. The zero-order valence-corrected chi connectivity index (χ0v) is 37.0. The van der Waals surface area contributed by atoms with E-state index in [1.54, 1.807) is 13.8 Å². The number of nitrogens with zero attached hydrogens (tertiary/aromatic N) is 5. The lowest BCUT2D eigenvalue weighted by Gasteiger charge is -2.12. The number of amides is 1. The summed E-state index contributed by atoms with van der Waals surface area (Å²) in [6.45, 7) is 5.82. The van der Waals surface area contributed by atoms with E-state index in [1.807, 2.05) is 0 Å². The van der Waals surface area contributed by atoms with Gasteiger partial charge in [-0.15, -0.1) is 15.3 Å². The van der Waals surface area contributed by atoms with Crippen LogP contribution in [0.25, 0.3) is 0 Å². The Morgan fingerprint density at radius 2 is 1.11 bits per heavy atom. The van der Waals surface area contributed by atoms with Crippen molar-refractivity contribution in [3.05, 3.63) is 122 Å². The summed E-state index contributed by atoms with van der Waals surface area (Å²) in [5.74, 6) is -1.50. The van der Waals surface area contributed by atoms with Crippen LogP contribution < -0.4 is 19.5 Å². The van der Waals surface area contributed by atoms with E-state index in [-0.39, 0.29) is 44.6 Å². The number of aromatic nitrogens is 6. The molecule has 0 aliphatic carbocycles. The van der Waals surface area contributed by atoms with Crippen LogP contribution in [0.2, 0.25) is 15.1 Å². The predicted molar refractivity (Wildman–Crippen MR) is 221 cm³/mol. The number of rotatable bonds is 8. The van der Waals surface area contributed by atoms with E-state index in [2.05, 4.69) is 25.7 Å². The first kappa shape index (κ1) is 51.3. The van der Waals surface area contributed by atoms with Crippen molar-refractivity contribution in [3.8, 4) is 34.9 Å². The topological polar surface area (TPSA) is 147 Å². The lowest BCUT2D eigenvalue weighted by molar-refractivity contribution is -0.139. The fourth-order valence-corrected chi connectivity index (χ4v) is 6.37. The molecule has 4 heterocycles. The van der Waals surface area contributed by atoms with Crippen LogP contribution in [-0.2, 0) is 23.3 Å². The van der Waals surface area contributed by atoms with Gasteiger partial charge in [0.15, 0.2) is 0 Å². The zero-order chi connectivity index (χ0) is 48.7. The van der Waals surface area contributed by atoms with Crippen molar-refractivity contribution in [1.29, 1.82) is 0 Å². The molecule has 1 atom stereocenters. The van der Waals surface area contributed by atoms with E-state index >= 15 is 0 Å². The number of aryl methyl sites for hydroxylation is 3. The number of benzene rings is 3. The summed E-state index contributed by atoms with van der Waals surface area (Å²) in [5, 5.41) is 15.5. The van der Waals surface area contributed by atoms with Crippen molar-refractivity contribution in [2.75, 3.05) is 13.2 Å². The Morgan fingerprint density at radius 1 is 0.682 bits per heavy atom. The molecule has 7 rings (SSSR count). The highest BCUT2D eigenvalue weighted by molar-refractivity contribution is 6.63. The molecule has 354 valence electrons. The minimum Gasteiger partial charge on any atom is -0.437 e. The third-order valence-electron chi connectivity index (χ3n) is 8.66. The molecule has 0 radical (unpaired) electrons. The van der Waals surface area contributed by atoms with Crippen molar-refractivity contribution in [1.82, 2.24) is 35.1 Å². The van der Waals surface area contributed by atoms with E-state index in [0.29, 0.717) is 30.2 Å². The van der Waals surface area contributed by atoms with E-state index in [1.165, 1.54) is 43.3 Å². The molecule has 0 spiro atoms. The maximum Gasteiger partial charge on any atom is 0.420 e. The first-order chi connectivity index (χ1) is 30.8. The molecule has 1 fully saturated rings. The Labute approximate surface area is 387 Å². The van der Waals surface area contributed by atoms with Crippen molar-refractivity contribution >= 4 is 57.8 Å². The Morgan fingerprint density at radius 3 is 1.47 bits per heavy atom. The molecule has 6 aromatic rings. The molecule has 1 aliphatic rings. The first-order valence-electron chi connectivity index (χ1n) is 18.7. The lowest BCUT2D eigenvalue weighted by atomic mass is 10.2. The van der Waals surface area contributed by atoms with Gasteiger partial charge in [-0.2, -0.15) is 48.9 Å². The fraction of sp³-hybridized carbons (Fsp3) is 0.275. The van der Waals surface area contributed by atoms with Gasteiger partial charge in [0.1, 0.15) is 17.2 Å². The summed E-state index contributed by atoms with van der Waals surface area (Å²) in [7, 11) is 0. The quantitative estimate of drug-likeness (QED) is 0.112. The number of alkyl halides is 9. The van der Waals surface area contributed by atoms with Gasteiger partial charge in [-0.1, -0.05) is 34.8 Å². The van der Waals surface area contributed by atoms with E-state index < -0.39 is 58.1 Å². The van der Waals surface area contributed by atoms with E-state index in [4.69, 9.17) is 65.4 Å². The molecule has 1 amide bonds. The molecule has 1 aliphatic heterocycles. The minimum absolute atomic E-state index is 0.00659. The molecule has 2 N–H and O–H groups in total. The number of ether oxygens (including phenoxy) is 4. The number of aromatic amines is 1. The number of halogens is 13. The van der Waals surface area contributed by atoms with Crippen LogP contribution >= 0.6 is 46.4 Å². The Bertz CT molecular complexity index is 2660. The molecule has 3 aromatic carbocycles. The average Bonchev–Trinajstić information content (AvgIpc) is 4.04. The third-order valence-corrected chi connectivity index (χ3v) is 9.53. The second kappa shape index (κ2) is 21.3. The Hall–Kier alpha value is -5.68. The standard InChI is InChI=1S/C17H17ClF3N3O3.C12H7Cl2F3N2O2.C11H8ClF3N2O/c1-10-7-15(23-24(10)16(25)22-9-12-3-2-6-26-12)27-14-5-4-11(18)8-13(14)17(19,20)21;1-6-4-10(18-19(6)11(14)20)21-9-3-2-7(13)5-8(9)12(15,16)17;1-6-4-10(17-16-6)18-9-3-2-7(12)5-8(9)11(13,14)15/h4-5,7-8,12H,2-3,6,9H2,1H3,(H,22,25);2-5H,1H3;2-5H,1H3,(H,16,17). The van der Waals surface area contributed by atoms with Crippen LogP contribution in [0.1, 0.15) is 46.6 Å². The van der Waals surface area contributed by atoms with E-state index in [9.17, 15) is 49.1 Å². The molecule has 1 unspecified atom stereocenters. The summed E-state index contributed by atoms with van der Waals surface area (Å²) in [6, 6.07) is 13.2. The van der Waals surface area contributed by atoms with Crippen molar-refractivity contribution in [2.24, 2.45) is 0 Å². The molecular formula is C40H32Cl4F9N7O6. The van der Waals surface area contributed by atoms with Crippen LogP contribution in [0.15, 0.2) is 72.8 Å². The van der Waals surface area contributed by atoms with Crippen LogP contribution in [-0.4, -0.2) is 60.4 Å². The van der Waals surface area contributed by atoms with Crippen molar-refractivity contribution in [2.45, 2.75) is 58.2 Å². The van der Waals surface area contributed by atoms with Crippen LogP contribution in [0.5, 0.6) is 34.9 Å². The molecule has 66 heavy (non-hydrogen) atoms. The molecule has 1 saturated heterocycles. The van der Waals surface area contributed by atoms with Crippen LogP contribution in [0.4, 0.5) is 49.1 Å². The summed E-state index contributed by atoms with van der Waals surface area (Å²) in [4.78, 5) is 23.3. The number of carbonyl (C=O) groups is 2. The second-order valence-electron chi connectivity index (χ2n) is 13.8. The zero-order valence-electron chi connectivity index (χ0n) is 33.9. The van der Waals surface area contributed by atoms with Gasteiger partial charge in [0.25, 0.3) is 0 Å². The van der Waals surface area contributed by atoms with Gasteiger partial charge in [0.2, 0.25) is 17.6 Å². The number of nitrogens with one attached hydrogen (secondary N) is 2. The number of hydrogen-bond donors (Lipinski definition) is 2. The predicted octanol–water partition coefficient (Wildman–Crippen LogP) is 13.4. The summed E-state index contributed by atoms with van der Waals surface area (Å²) >= 11 is 22.0. The second-order valence-corrected chi connectivity index (χ2v) is 15.4. The maximum absolute atomic E-state index is 13.2. The van der Waals surface area contributed by atoms with Gasteiger partial charge in [0.05, 0.1) is 28.5 Å². The smallest absolute Gasteiger partial charge is 0.420 e. The Balaban J connectivity index is 0.000000190. The summed E-state index contributed by atoms with van der Waals surface area (Å²) in [6.07, 6.45) is -12.0. The molecule has 0 bridgehead atoms. The molecule has 3 aromatic heterocycles. The van der Waals surface area contributed by atoms with Crippen molar-refractivity contribution < 1.29 is 68.1 Å². The average molecular weight is 1020 g/mol. The molecule has 26 heteroatoms. The first-order valence-corrected chi connectivity index (χ1v) is 20.2. The SMILES string of the molecule is Cc1cc(Oc2ccc(Cl)cc2C(F)(F)F)n[nH]1.Cc1cc(Oc2ccc(Cl)cc2C(F)(F)F)nn1C(=O)Cl.Cc1cc(Oc2ccc(Cl)cc2C(F)(F)F)nn1C(=O)NCC1CCCO1. The highest BCUT2D eigenvalue weighted by Crippen LogP contribution is 2.42. The van der Waals surface area contributed by atoms with E-state index in [0.717, 1.165) is 58.6 Å². The lowest BCUT2D eigenvalue weighted by Crippen LogP contribution is -2.35. The highest BCUT2D eigenvalue weighted by Gasteiger charge is 2.37. The number of carbonyl (C=O) groups excluding carboxylic acids is 2. The summed E-state index contributed by atoms with van der Waals surface area (Å²) in [5.41, 5.74) is -1.57. The van der Waals surface area contributed by atoms with Gasteiger partial charge >= 0.3 is 29.9 Å². The number of H-pyrrole nitrogens is 1. The molecular weight excluding hydrogens is 987 g/mol. The normalized spacial score (nSPS) is 13.8. The third kappa shape index (κ3) is 14.2. The molecule has 0 saturated carbocycles. The fourth-order valence-electron chi connectivity index (χ4n) is 5.68. The van der Waals surface area contributed by atoms with Gasteiger partial charge < -0.3 is 24.3 Å². The Kier molecular flexibility index (Phi) is 16.6.